The fourth-order valence-electron chi connectivity index (χ4n) is 2.54. The number of hydrogen-bond acceptors (Lipinski definition) is 4. The summed E-state index contributed by atoms with van der Waals surface area (Å²) >= 11 is 16.4. The number of phenolic OH excluding ortho intramolecular Hbond substituents is 2. The summed E-state index contributed by atoms with van der Waals surface area (Å²) in [4.78, 5) is 10.6. The topological polar surface area (TPSA) is 66.8 Å². The monoisotopic (exact) mass is 702 g/mol. The zero-order valence-corrected chi connectivity index (χ0v) is 27.9. The molecule has 0 fully saturated rings. The molecule has 4 nitrogen and oxygen atoms in total. The van der Waals surface area contributed by atoms with Gasteiger partial charge in [-0.1, -0.05) is 54.4 Å². The van der Waals surface area contributed by atoms with E-state index in [4.69, 9.17) is 83.6 Å². The van der Waals surface area contributed by atoms with Crippen molar-refractivity contribution in [2.24, 2.45) is 0 Å². The zero-order valence-electron chi connectivity index (χ0n) is 20.3. The van der Waals surface area contributed by atoms with Gasteiger partial charge in [0.1, 0.15) is 11.5 Å². The Hall–Kier alpha value is 0.704. The van der Waals surface area contributed by atoms with Gasteiger partial charge in [-0.25, -0.2) is 0 Å². The number of alkyl halides is 4. The van der Waals surface area contributed by atoms with Crippen molar-refractivity contribution in [3.8, 4) is 11.5 Å². The second-order valence-corrected chi connectivity index (χ2v) is 24.1. The van der Waals surface area contributed by atoms with Gasteiger partial charge in [-0.05, 0) is 63.8 Å². The molecule has 0 unspecified atom stereocenters. The molecule has 2 aromatic rings. The Morgan fingerprint density at radius 1 is 0.833 bits per heavy atom. The molecule has 2 N–H and O–H groups in total. The van der Waals surface area contributed by atoms with Gasteiger partial charge in [0, 0.05) is 18.2 Å². The number of carbonyl (C=O) groups is 1. The number of phenols is 2. The first-order valence-electron chi connectivity index (χ1n) is 9.57. The van der Waals surface area contributed by atoms with Crippen molar-refractivity contribution >= 4 is 89.9 Å². The molecule has 0 heterocycles. The summed E-state index contributed by atoms with van der Waals surface area (Å²) in [6, 6.07) is 5.76. The number of aryl methyl sites for hydroxylation is 5. The normalized spacial score (nSPS) is 9.56. The molecule has 0 amide bonds. The van der Waals surface area contributed by atoms with Gasteiger partial charge < -0.3 is 14.9 Å². The number of ether oxygens (including phenoxy) is 1. The van der Waals surface area contributed by atoms with E-state index in [0.717, 1.165) is 28.5 Å². The van der Waals surface area contributed by atoms with Crippen LogP contribution in [-0.2, 0) is 17.1 Å². The number of halogens is 8. The van der Waals surface area contributed by atoms with Gasteiger partial charge in [-0.15, -0.1) is 23.2 Å². The zero-order chi connectivity index (χ0) is 28.5. The summed E-state index contributed by atoms with van der Waals surface area (Å²) in [5.74, 6) is 0.647. The van der Waals surface area contributed by atoms with Crippen molar-refractivity contribution in [3.05, 3.63) is 57.1 Å². The Labute approximate surface area is 254 Å². The van der Waals surface area contributed by atoms with E-state index in [1.165, 1.54) is 12.7 Å². The van der Waals surface area contributed by atoms with Gasteiger partial charge in [0.25, 0.3) is 0 Å². The van der Waals surface area contributed by atoms with Crippen LogP contribution in [0.15, 0.2) is 18.2 Å². The van der Waals surface area contributed by atoms with E-state index >= 15 is 0 Å². The minimum absolute atomic E-state index is 0. The summed E-state index contributed by atoms with van der Waals surface area (Å²) in [5.41, 5.74) is 6.11. The SMILES string of the molecule is C.COC(Cl)Cl.Cc1cc(C)c(C=O)c(C)c1O.Cc1cc(C)c(O)c(C)c1.ClCCl.[Cl][Ti]([Cl])([Cl])[Cl]. The Kier molecular flexibility index (Phi) is 28.7. The Morgan fingerprint density at radius 2 is 1.14 bits per heavy atom. The molecule has 0 spiro atoms. The van der Waals surface area contributed by atoms with Crippen LogP contribution in [0.4, 0.5) is 0 Å². The van der Waals surface area contributed by atoms with E-state index in [0.29, 0.717) is 16.9 Å². The predicted octanol–water partition coefficient (Wildman–Crippen LogP) is 10.7. The van der Waals surface area contributed by atoms with E-state index in [2.05, 4.69) is 4.74 Å². The second kappa shape index (κ2) is 23.6. The van der Waals surface area contributed by atoms with Crippen LogP contribution >= 0.6 is 83.6 Å². The van der Waals surface area contributed by atoms with Crippen LogP contribution in [0.25, 0.3) is 0 Å². The van der Waals surface area contributed by atoms with Crippen molar-refractivity contribution in [3.63, 3.8) is 0 Å². The maximum atomic E-state index is 10.6. The third kappa shape index (κ3) is 23.8. The van der Waals surface area contributed by atoms with E-state index < -0.39 is 17.4 Å². The van der Waals surface area contributed by atoms with Crippen LogP contribution in [0.3, 0.4) is 0 Å². The van der Waals surface area contributed by atoms with Gasteiger partial charge in [-0.3, -0.25) is 4.79 Å². The molecule has 36 heavy (non-hydrogen) atoms. The van der Waals surface area contributed by atoms with Crippen LogP contribution in [-0.4, -0.2) is 34.0 Å². The predicted molar refractivity (Wildman–Crippen MR) is 159 cm³/mol. The van der Waals surface area contributed by atoms with Crippen molar-refractivity contribution < 1.29 is 32.1 Å². The Bertz CT molecular complexity index is 862. The van der Waals surface area contributed by atoms with E-state index in [-0.39, 0.29) is 18.5 Å². The molecule has 0 aliphatic carbocycles. The Morgan fingerprint density at radius 3 is 1.42 bits per heavy atom. The third-order valence-corrected chi connectivity index (χ3v) is 4.28. The van der Waals surface area contributed by atoms with Gasteiger partial charge >= 0.3 is 49.6 Å². The number of benzene rings is 2. The minimum atomic E-state index is -3.11. The molecule has 2 aromatic carbocycles. The molecule has 0 saturated heterocycles. The summed E-state index contributed by atoms with van der Waals surface area (Å²) in [5, 5.41) is 18.3. The first kappa shape index (κ1) is 43.7. The number of aromatic hydroxyl groups is 2. The standard InChI is InChI=1S/C10H12O2.C9H12O.C2H4Cl2O.CH2Cl2.CH4.4ClH.Ti/c1-6-4-7(2)10(12)8(3)9(6)5-11;1-6-4-7(2)9(10)8(3)5-6;1-5-2(3)4;2-1-3;;;;;;/h4-5,12H,1-3H3;4-5,10H,1-3H3;2H,1H3;1H2;1H4;4*1H;/q;;;;;;;;;+4/p-4. The number of carbonyl (C=O) groups excluding carboxylic acids is 1. The number of aldehydes is 1. The first-order valence-corrected chi connectivity index (χ1v) is 20.1. The second-order valence-electron chi connectivity index (χ2n) is 6.79. The first-order chi connectivity index (χ1) is 15.9. The molecule has 0 aliphatic rings. The van der Waals surface area contributed by atoms with Crippen LogP contribution in [0.5, 0.6) is 11.5 Å². The van der Waals surface area contributed by atoms with Gasteiger partial charge in [0.15, 0.2) is 6.29 Å². The summed E-state index contributed by atoms with van der Waals surface area (Å²) in [6.45, 7) is 11.3. The molecular formula is C23H34Cl8O4Ti. The number of methoxy groups -OCH3 is 1. The molecule has 13 heteroatoms. The van der Waals surface area contributed by atoms with Gasteiger partial charge in [0.2, 0.25) is 5.02 Å². The van der Waals surface area contributed by atoms with E-state index in [1.807, 2.05) is 52.8 Å². The molecule has 2 rings (SSSR count). The summed E-state index contributed by atoms with van der Waals surface area (Å²) in [7, 11) is 21.5. The molecule has 0 aromatic heterocycles. The van der Waals surface area contributed by atoms with E-state index in [9.17, 15) is 15.0 Å². The maximum absolute atomic E-state index is 10.6. The summed E-state index contributed by atoms with van der Waals surface area (Å²) < 4.78 is 4.28. The fraction of sp³-hybridized carbons (Fsp3) is 0.435. The average molecular weight is 706 g/mol. The van der Waals surface area contributed by atoms with Crippen molar-refractivity contribution in [2.45, 2.75) is 54.0 Å². The quantitative estimate of drug-likeness (QED) is 0.185. The average Bonchev–Trinajstić information content (AvgIpc) is 2.71. The van der Waals surface area contributed by atoms with Crippen molar-refractivity contribution in [1.29, 1.82) is 0 Å². The molecular weight excluding hydrogens is 672 g/mol. The van der Waals surface area contributed by atoms with Crippen LogP contribution in [0.1, 0.15) is 51.2 Å². The van der Waals surface area contributed by atoms with Gasteiger partial charge in [-0.2, -0.15) is 0 Å². The molecule has 210 valence electrons. The summed E-state index contributed by atoms with van der Waals surface area (Å²) in [6.07, 6.45) is 0.782. The third-order valence-electron chi connectivity index (χ3n) is 3.92. The van der Waals surface area contributed by atoms with Crippen LogP contribution in [0.2, 0.25) is 0 Å². The van der Waals surface area contributed by atoms with Crippen LogP contribution in [0, 0.1) is 41.5 Å². The van der Waals surface area contributed by atoms with Gasteiger partial charge in [0.05, 0.1) is 5.34 Å². The van der Waals surface area contributed by atoms with E-state index in [1.54, 1.807) is 6.92 Å². The number of rotatable bonds is 2. The Balaban J connectivity index is -0.000000193. The van der Waals surface area contributed by atoms with Crippen molar-refractivity contribution in [1.82, 2.24) is 0 Å². The molecule has 0 radical (unpaired) electrons. The van der Waals surface area contributed by atoms with Crippen LogP contribution < -0.4 is 0 Å². The molecule has 0 saturated carbocycles. The molecule has 0 bridgehead atoms. The molecule has 0 atom stereocenters. The fourth-order valence-corrected chi connectivity index (χ4v) is 2.54. The van der Waals surface area contributed by atoms with Crippen molar-refractivity contribution in [2.75, 3.05) is 12.4 Å². The molecule has 0 aliphatic heterocycles. The number of hydrogen-bond donors (Lipinski definition) is 2.